The summed E-state index contributed by atoms with van der Waals surface area (Å²) in [4.78, 5) is 13.0. The van der Waals surface area contributed by atoms with Crippen LogP contribution in [0.4, 0.5) is 0 Å². The van der Waals surface area contributed by atoms with E-state index in [4.69, 9.17) is 28.4 Å². The fourth-order valence-electron chi connectivity index (χ4n) is 8.51. The summed E-state index contributed by atoms with van der Waals surface area (Å²) in [7, 11) is 0. The van der Waals surface area contributed by atoms with Gasteiger partial charge in [0.25, 0.3) is 0 Å². The molecule has 14 heteroatoms. The first-order chi connectivity index (χ1) is 32.6. The van der Waals surface area contributed by atoms with E-state index in [1.54, 1.807) is 0 Å². The summed E-state index contributed by atoms with van der Waals surface area (Å²) in [6, 6.07) is 0. The number of rotatable bonds is 43. The number of allylic oxidation sites excluding steroid dienone is 4. The molecule has 0 aromatic rings. The van der Waals surface area contributed by atoms with E-state index in [2.05, 4.69) is 38.2 Å². The average Bonchev–Trinajstić information content (AvgIpc) is 3.32. The summed E-state index contributed by atoms with van der Waals surface area (Å²) in [6.45, 7) is 3.67. The number of unbranched alkanes of at least 4 members (excludes halogenated alkanes) is 25. The van der Waals surface area contributed by atoms with Gasteiger partial charge in [0, 0.05) is 13.0 Å². The van der Waals surface area contributed by atoms with Crippen molar-refractivity contribution < 1.29 is 69.0 Å². The first-order valence-corrected chi connectivity index (χ1v) is 26.9. The predicted octanol–water partition coefficient (Wildman–Crippen LogP) is 8.41. The Morgan fingerprint density at radius 3 is 1.37 bits per heavy atom. The van der Waals surface area contributed by atoms with Gasteiger partial charge in [-0.2, -0.15) is 0 Å². The quantitative estimate of drug-likeness (QED) is 0.0174. The summed E-state index contributed by atoms with van der Waals surface area (Å²) in [5, 5.41) is 72.2. The van der Waals surface area contributed by atoms with Crippen LogP contribution in [-0.4, -0.2) is 142 Å². The van der Waals surface area contributed by atoms with Crippen molar-refractivity contribution in [3.63, 3.8) is 0 Å². The molecule has 2 fully saturated rings. The van der Waals surface area contributed by atoms with Crippen LogP contribution in [0.25, 0.3) is 0 Å². The zero-order valence-corrected chi connectivity index (χ0v) is 41.9. The maximum Gasteiger partial charge on any atom is 0.306 e. The zero-order valence-electron chi connectivity index (χ0n) is 41.9. The van der Waals surface area contributed by atoms with Gasteiger partial charge in [0.1, 0.15) is 54.9 Å². The van der Waals surface area contributed by atoms with Crippen LogP contribution in [0.3, 0.4) is 0 Å². The molecule has 0 aliphatic carbocycles. The van der Waals surface area contributed by atoms with Crippen molar-refractivity contribution in [1.29, 1.82) is 0 Å². The van der Waals surface area contributed by atoms with Crippen molar-refractivity contribution in [2.24, 2.45) is 0 Å². The van der Waals surface area contributed by atoms with Gasteiger partial charge in [-0.3, -0.25) is 4.79 Å². The standard InChI is InChI=1S/C53H98O14/c1-3-5-7-9-11-13-15-17-19-20-21-22-23-24-26-28-30-32-34-36-45(55)65-42(39-62-37-35-33-31-29-27-25-18-16-14-12-10-8-6-4-2)40-63-52-51(61)49(59)47(57)44(67-52)41-64-53-50(60)48(58)46(56)43(38-54)66-53/h14,16-17,19,42-44,46-54,56-61H,3-13,15,18,20-41H2,1-2H3/b16-14-,19-17-. The Labute approximate surface area is 405 Å². The molecule has 67 heavy (non-hydrogen) atoms. The molecule has 0 aromatic heterocycles. The molecule has 0 bridgehead atoms. The van der Waals surface area contributed by atoms with Crippen molar-refractivity contribution >= 4 is 5.97 Å². The Balaban J connectivity index is 1.75. The van der Waals surface area contributed by atoms with Crippen molar-refractivity contribution in [3.05, 3.63) is 24.3 Å². The van der Waals surface area contributed by atoms with Crippen LogP contribution in [-0.2, 0) is 33.2 Å². The summed E-state index contributed by atoms with van der Waals surface area (Å²) >= 11 is 0. The number of aliphatic hydroxyl groups is 7. The van der Waals surface area contributed by atoms with Crippen LogP contribution in [0.15, 0.2) is 24.3 Å². The molecule has 2 aliphatic heterocycles. The van der Waals surface area contributed by atoms with E-state index in [1.807, 2.05) is 0 Å². The molecule has 0 radical (unpaired) electrons. The van der Waals surface area contributed by atoms with Gasteiger partial charge in [-0.15, -0.1) is 0 Å². The van der Waals surface area contributed by atoms with Crippen molar-refractivity contribution in [1.82, 2.24) is 0 Å². The maximum absolute atomic E-state index is 13.0. The van der Waals surface area contributed by atoms with Crippen LogP contribution < -0.4 is 0 Å². The lowest BCUT2D eigenvalue weighted by molar-refractivity contribution is -0.332. The number of carbonyl (C=O) groups excluding carboxylic acids is 1. The third-order valence-corrected chi connectivity index (χ3v) is 12.9. The second-order valence-corrected chi connectivity index (χ2v) is 19.0. The van der Waals surface area contributed by atoms with Gasteiger partial charge in [-0.1, -0.05) is 160 Å². The fraction of sp³-hybridized carbons (Fsp3) is 0.906. The van der Waals surface area contributed by atoms with Crippen molar-refractivity contribution in [2.75, 3.05) is 33.0 Å². The van der Waals surface area contributed by atoms with Crippen LogP contribution >= 0.6 is 0 Å². The topological polar surface area (TPSA) is 214 Å². The number of hydrogen-bond acceptors (Lipinski definition) is 14. The molecule has 0 spiro atoms. The summed E-state index contributed by atoms with van der Waals surface area (Å²) in [5.74, 6) is -0.379. The van der Waals surface area contributed by atoms with E-state index < -0.39 is 80.7 Å². The van der Waals surface area contributed by atoms with E-state index in [9.17, 15) is 40.5 Å². The third-order valence-electron chi connectivity index (χ3n) is 12.9. The monoisotopic (exact) mass is 959 g/mol. The van der Waals surface area contributed by atoms with E-state index in [0.29, 0.717) is 13.0 Å². The highest BCUT2D eigenvalue weighted by atomic mass is 16.7. The van der Waals surface area contributed by atoms with Gasteiger partial charge in [0.2, 0.25) is 0 Å². The molecular weight excluding hydrogens is 861 g/mol. The van der Waals surface area contributed by atoms with Crippen LogP contribution in [0.5, 0.6) is 0 Å². The maximum atomic E-state index is 13.0. The van der Waals surface area contributed by atoms with E-state index >= 15 is 0 Å². The molecule has 14 nitrogen and oxygen atoms in total. The smallest absolute Gasteiger partial charge is 0.306 e. The van der Waals surface area contributed by atoms with Crippen LogP contribution in [0.1, 0.15) is 206 Å². The molecule has 394 valence electrons. The molecule has 2 rings (SSSR count). The largest absolute Gasteiger partial charge is 0.457 e. The summed E-state index contributed by atoms with van der Waals surface area (Å²) < 4.78 is 34.3. The van der Waals surface area contributed by atoms with Gasteiger partial charge in [0.15, 0.2) is 12.6 Å². The van der Waals surface area contributed by atoms with E-state index in [0.717, 1.165) is 44.9 Å². The van der Waals surface area contributed by atoms with E-state index in [-0.39, 0.29) is 25.6 Å². The predicted molar refractivity (Wildman–Crippen MR) is 261 cm³/mol. The lowest BCUT2D eigenvalue weighted by Gasteiger charge is -2.42. The molecule has 0 aromatic carbocycles. The number of ether oxygens (including phenoxy) is 6. The normalized spacial score (nSPS) is 26.2. The Morgan fingerprint density at radius 2 is 0.881 bits per heavy atom. The molecule has 11 atom stereocenters. The number of hydrogen-bond donors (Lipinski definition) is 7. The highest BCUT2D eigenvalue weighted by Gasteiger charge is 2.47. The first-order valence-electron chi connectivity index (χ1n) is 26.9. The number of aliphatic hydroxyl groups excluding tert-OH is 7. The molecule has 7 N–H and O–H groups in total. The Kier molecular flexibility index (Phi) is 37.8. The molecule has 2 heterocycles. The SMILES string of the molecule is CCCCCC/C=C\CCCCCCCCOCC(COC1OC(COC2OC(CO)C(O)C(O)C2O)C(O)C(O)C1O)OC(=O)CCCCCCCCCCC/C=C\CCCCCCCC. The Bertz CT molecular complexity index is 1200. The lowest BCUT2D eigenvalue weighted by atomic mass is 9.98. The molecule has 11 unspecified atom stereocenters. The highest BCUT2D eigenvalue weighted by molar-refractivity contribution is 5.69. The molecule has 2 saturated heterocycles. The first kappa shape index (κ1) is 61.6. The summed E-state index contributed by atoms with van der Waals surface area (Å²) in [5.41, 5.74) is 0. The minimum absolute atomic E-state index is 0.0592. The average molecular weight is 959 g/mol. The van der Waals surface area contributed by atoms with Crippen molar-refractivity contribution in [2.45, 2.75) is 274 Å². The van der Waals surface area contributed by atoms with Gasteiger partial charge in [-0.25, -0.2) is 0 Å². The molecule has 0 amide bonds. The number of carbonyl (C=O) groups is 1. The molecular formula is C53H98O14. The summed E-state index contributed by atoms with van der Waals surface area (Å²) in [6.07, 6.45) is 28.1. The molecule has 0 saturated carbocycles. The minimum atomic E-state index is -1.71. The Morgan fingerprint density at radius 1 is 0.478 bits per heavy atom. The van der Waals surface area contributed by atoms with Gasteiger partial charge in [0.05, 0.1) is 26.4 Å². The third kappa shape index (κ3) is 28.8. The second-order valence-electron chi connectivity index (χ2n) is 19.0. The lowest BCUT2D eigenvalue weighted by Crippen LogP contribution is -2.61. The van der Waals surface area contributed by atoms with E-state index in [1.165, 1.54) is 135 Å². The zero-order chi connectivity index (χ0) is 48.7. The van der Waals surface area contributed by atoms with Crippen molar-refractivity contribution in [3.8, 4) is 0 Å². The molecule has 2 aliphatic rings. The fourth-order valence-corrected chi connectivity index (χ4v) is 8.51. The van der Waals surface area contributed by atoms with Gasteiger partial charge >= 0.3 is 5.97 Å². The second kappa shape index (κ2) is 41.1. The van der Waals surface area contributed by atoms with Crippen LogP contribution in [0.2, 0.25) is 0 Å². The van der Waals surface area contributed by atoms with Gasteiger partial charge < -0.3 is 64.2 Å². The Hall–Kier alpha value is -1.53. The highest BCUT2D eigenvalue weighted by Crippen LogP contribution is 2.26. The minimum Gasteiger partial charge on any atom is -0.457 e. The van der Waals surface area contributed by atoms with Crippen LogP contribution in [0, 0.1) is 0 Å². The number of esters is 1. The van der Waals surface area contributed by atoms with Gasteiger partial charge in [-0.05, 0) is 64.2 Å².